The van der Waals surface area contributed by atoms with Gasteiger partial charge in [0.2, 0.25) is 11.7 Å². The molecule has 1 aliphatic heterocycles. The molecular formula is C30H32N6O4. The minimum atomic E-state index is -0.470. The molecule has 2 amide bonds. The number of ether oxygens (including phenoxy) is 1. The van der Waals surface area contributed by atoms with E-state index in [0.29, 0.717) is 44.2 Å². The molecule has 3 heterocycles. The Kier molecular flexibility index (Phi) is 9.10. The maximum absolute atomic E-state index is 12.7. The minimum Gasteiger partial charge on any atom is -0.445 e. The number of benzene rings is 2. The van der Waals surface area contributed by atoms with Crippen molar-refractivity contribution in [3.8, 4) is 22.8 Å². The van der Waals surface area contributed by atoms with E-state index in [4.69, 9.17) is 9.26 Å². The zero-order valence-electron chi connectivity index (χ0n) is 22.2. The van der Waals surface area contributed by atoms with Crippen LogP contribution in [0.3, 0.4) is 0 Å². The molecule has 10 heteroatoms. The fraction of sp³-hybridized carbons (Fsp3) is 0.300. The lowest BCUT2D eigenvalue weighted by Gasteiger charge is -2.35. The van der Waals surface area contributed by atoms with Gasteiger partial charge in [-0.25, -0.2) is 4.79 Å². The molecule has 1 saturated heterocycles. The SMILES string of the molecule is O=C(NCCCC(=O)N1CCN(Cc2cccc(-c3noc(-c4cccnc4)n3)c2)CC1)OCc1ccccc1. The van der Waals surface area contributed by atoms with Crippen LogP contribution in [0.5, 0.6) is 0 Å². The zero-order valence-corrected chi connectivity index (χ0v) is 22.2. The molecule has 0 saturated carbocycles. The highest BCUT2D eigenvalue weighted by molar-refractivity contribution is 5.76. The van der Waals surface area contributed by atoms with Crippen molar-refractivity contribution in [1.82, 2.24) is 30.2 Å². The third-order valence-corrected chi connectivity index (χ3v) is 6.70. The number of hydrogen-bond donors (Lipinski definition) is 1. The number of nitrogens with zero attached hydrogens (tertiary/aromatic N) is 5. The summed E-state index contributed by atoms with van der Waals surface area (Å²) in [6.07, 6.45) is 3.89. The van der Waals surface area contributed by atoms with Crippen LogP contribution in [0.2, 0.25) is 0 Å². The van der Waals surface area contributed by atoms with Crippen molar-refractivity contribution in [3.05, 3.63) is 90.3 Å². The summed E-state index contributed by atoms with van der Waals surface area (Å²) in [5.41, 5.74) is 3.75. The fourth-order valence-corrected chi connectivity index (χ4v) is 4.53. The lowest BCUT2D eigenvalue weighted by atomic mass is 10.1. The van der Waals surface area contributed by atoms with Crippen LogP contribution in [0.4, 0.5) is 4.79 Å². The van der Waals surface area contributed by atoms with Gasteiger partial charge in [0, 0.05) is 63.6 Å². The Bertz CT molecular complexity index is 1390. The molecule has 40 heavy (non-hydrogen) atoms. The predicted octanol–water partition coefficient (Wildman–Crippen LogP) is 4.15. The predicted molar refractivity (Wildman–Crippen MR) is 149 cm³/mol. The Morgan fingerprint density at radius 3 is 2.52 bits per heavy atom. The number of piperazine rings is 1. The van der Waals surface area contributed by atoms with E-state index in [1.54, 1.807) is 12.4 Å². The molecule has 2 aromatic heterocycles. The molecule has 0 radical (unpaired) electrons. The van der Waals surface area contributed by atoms with Crippen molar-refractivity contribution in [2.75, 3.05) is 32.7 Å². The fourth-order valence-electron chi connectivity index (χ4n) is 4.53. The van der Waals surface area contributed by atoms with Gasteiger partial charge < -0.3 is 19.5 Å². The Morgan fingerprint density at radius 2 is 1.73 bits per heavy atom. The first-order valence-corrected chi connectivity index (χ1v) is 13.4. The van der Waals surface area contributed by atoms with Gasteiger partial charge in [-0.3, -0.25) is 14.7 Å². The van der Waals surface area contributed by atoms with E-state index in [1.807, 2.05) is 59.5 Å². The maximum Gasteiger partial charge on any atom is 0.407 e. The van der Waals surface area contributed by atoms with Crippen molar-refractivity contribution in [2.45, 2.75) is 26.0 Å². The molecule has 0 bridgehead atoms. The summed E-state index contributed by atoms with van der Waals surface area (Å²) in [7, 11) is 0. The van der Waals surface area contributed by atoms with Crippen LogP contribution >= 0.6 is 0 Å². The lowest BCUT2D eigenvalue weighted by Crippen LogP contribution is -2.48. The number of alkyl carbamates (subject to hydrolysis) is 1. The molecular weight excluding hydrogens is 508 g/mol. The molecule has 0 aliphatic carbocycles. The van der Waals surface area contributed by atoms with Gasteiger partial charge in [0.25, 0.3) is 5.89 Å². The zero-order chi connectivity index (χ0) is 27.6. The Morgan fingerprint density at radius 1 is 0.925 bits per heavy atom. The first-order valence-electron chi connectivity index (χ1n) is 13.4. The van der Waals surface area contributed by atoms with Crippen molar-refractivity contribution in [3.63, 3.8) is 0 Å². The second-order valence-electron chi connectivity index (χ2n) is 9.61. The number of amides is 2. The van der Waals surface area contributed by atoms with Gasteiger partial charge >= 0.3 is 6.09 Å². The van der Waals surface area contributed by atoms with Crippen LogP contribution in [-0.2, 0) is 22.7 Å². The standard InChI is InChI=1S/C30H32N6O4/c37-27(12-6-14-32-30(38)39-22-23-7-2-1-3-8-23)36-17-15-35(16-18-36)21-24-9-4-10-25(19-24)28-33-29(40-34-28)26-11-5-13-31-20-26/h1-5,7-11,13,19-20H,6,12,14-18,21-22H2,(H,32,38). The average molecular weight is 541 g/mol. The van der Waals surface area contributed by atoms with Gasteiger partial charge in [-0.1, -0.05) is 53.7 Å². The van der Waals surface area contributed by atoms with Gasteiger partial charge in [0.1, 0.15) is 6.61 Å². The molecule has 1 fully saturated rings. The number of aromatic nitrogens is 3. The number of carbonyl (C=O) groups excluding carboxylic acids is 2. The molecule has 10 nitrogen and oxygen atoms in total. The number of pyridine rings is 1. The van der Waals surface area contributed by atoms with Gasteiger partial charge in [-0.2, -0.15) is 4.98 Å². The highest BCUT2D eigenvalue weighted by atomic mass is 16.5. The molecule has 1 aliphatic rings. The third kappa shape index (κ3) is 7.51. The first kappa shape index (κ1) is 27.0. The molecule has 206 valence electrons. The normalized spacial score (nSPS) is 13.7. The van der Waals surface area contributed by atoms with E-state index >= 15 is 0 Å². The van der Waals surface area contributed by atoms with Crippen molar-refractivity contribution in [1.29, 1.82) is 0 Å². The van der Waals surface area contributed by atoms with E-state index in [-0.39, 0.29) is 12.5 Å². The van der Waals surface area contributed by atoms with Crippen LogP contribution < -0.4 is 5.32 Å². The maximum atomic E-state index is 12.7. The highest BCUT2D eigenvalue weighted by Gasteiger charge is 2.21. The first-order chi connectivity index (χ1) is 19.6. The van der Waals surface area contributed by atoms with Gasteiger partial charge in [-0.05, 0) is 35.7 Å². The Balaban J connectivity index is 1.02. The summed E-state index contributed by atoms with van der Waals surface area (Å²) >= 11 is 0. The van der Waals surface area contributed by atoms with E-state index in [2.05, 4.69) is 37.5 Å². The molecule has 1 N–H and O–H groups in total. The van der Waals surface area contributed by atoms with E-state index in [0.717, 1.165) is 41.9 Å². The molecule has 0 atom stereocenters. The molecule has 4 aromatic rings. The monoisotopic (exact) mass is 540 g/mol. The van der Waals surface area contributed by atoms with E-state index < -0.39 is 6.09 Å². The summed E-state index contributed by atoms with van der Waals surface area (Å²) in [5, 5.41) is 6.85. The van der Waals surface area contributed by atoms with Crippen molar-refractivity contribution in [2.24, 2.45) is 0 Å². The number of hydrogen-bond acceptors (Lipinski definition) is 8. The van der Waals surface area contributed by atoms with Crippen LogP contribution in [0.1, 0.15) is 24.0 Å². The molecule has 5 rings (SSSR count). The second-order valence-corrected chi connectivity index (χ2v) is 9.61. The van der Waals surface area contributed by atoms with Crippen LogP contribution in [-0.4, -0.2) is 69.6 Å². The minimum absolute atomic E-state index is 0.114. The topological polar surface area (TPSA) is 114 Å². The van der Waals surface area contributed by atoms with Gasteiger partial charge in [0.05, 0.1) is 5.56 Å². The van der Waals surface area contributed by atoms with Crippen LogP contribution in [0.15, 0.2) is 83.6 Å². The third-order valence-electron chi connectivity index (χ3n) is 6.70. The van der Waals surface area contributed by atoms with Gasteiger partial charge in [-0.15, -0.1) is 0 Å². The van der Waals surface area contributed by atoms with Crippen LogP contribution in [0, 0.1) is 0 Å². The smallest absolute Gasteiger partial charge is 0.407 e. The highest BCUT2D eigenvalue weighted by Crippen LogP contribution is 2.23. The Hall–Kier alpha value is -4.57. The summed E-state index contributed by atoms with van der Waals surface area (Å²) in [4.78, 5) is 37.4. The summed E-state index contributed by atoms with van der Waals surface area (Å²) < 4.78 is 10.6. The Labute approximate surface area is 233 Å². The summed E-state index contributed by atoms with van der Waals surface area (Å²) in [6.45, 7) is 4.37. The second kappa shape index (κ2) is 13.5. The largest absolute Gasteiger partial charge is 0.445 e. The average Bonchev–Trinajstić information content (AvgIpc) is 3.50. The van der Waals surface area contributed by atoms with Crippen molar-refractivity contribution < 1.29 is 18.8 Å². The number of carbonyl (C=O) groups is 2. The summed E-state index contributed by atoms with van der Waals surface area (Å²) in [5.74, 6) is 1.09. The molecule has 0 unspecified atom stereocenters. The van der Waals surface area contributed by atoms with E-state index in [1.165, 1.54) is 0 Å². The van der Waals surface area contributed by atoms with Crippen LogP contribution in [0.25, 0.3) is 22.8 Å². The number of rotatable bonds is 10. The van der Waals surface area contributed by atoms with E-state index in [9.17, 15) is 9.59 Å². The van der Waals surface area contributed by atoms with Crippen molar-refractivity contribution >= 4 is 12.0 Å². The quantitative estimate of drug-likeness (QED) is 0.299. The number of nitrogens with one attached hydrogen (secondary N) is 1. The summed E-state index contributed by atoms with van der Waals surface area (Å²) in [6, 6.07) is 21.4. The molecule has 0 spiro atoms. The molecule has 2 aromatic carbocycles. The van der Waals surface area contributed by atoms with Gasteiger partial charge in [0.15, 0.2) is 0 Å². The lowest BCUT2D eigenvalue weighted by molar-refractivity contribution is -0.133.